The van der Waals surface area contributed by atoms with Crippen LogP contribution in [0, 0.1) is 0 Å². The number of benzene rings is 1. The Morgan fingerprint density at radius 3 is 2.68 bits per heavy atom. The minimum absolute atomic E-state index is 0.131. The SMILES string of the molecule is C[C@@]1(c2ccc3c(c2)OCO3)NC(=O)N(CC(=O)N2CCCC2)C1=O. The number of carbonyl (C=O) groups excluding carboxylic acids is 3. The van der Waals surface area contributed by atoms with Crippen LogP contribution in [0.15, 0.2) is 18.2 Å². The molecule has 25 heavy (non-hydrogen) atoms. The van der Waals surface area contributed by atoms with Gasteiger partial charge < -0.3 is 19.7 Å². The van der Waals surface area contributed by atoms with E-state index in [1.807, 2.05) is 0 Å². The van der Waals surface area contributed by atoms with E-state index in [9.17, 15) is 14.4 Å². The lowest BCUT2D eigenvalue weighted by molar-refractivity contribution is -0.138. The fourth-order valence-electron chi connectivity index (χ4n) is 3.45. The molecular weight excluding hydrogens is 326 g/mol. The van der Waals surface area contributed by atoms with E-state index in [0.717, 1.165) is 17.7 Å². The van der Waals surface area contributed by atoms with Crippen molar-refractivity contribution in [2.45, 2.75) is 25.3 Å². The number of amides is 4. The van der Waals surface area contributed by atoms with Gasteiger partial charge >= 0.3 is 6.03 Å². The van der Waals surface area contributed by atoms with Gasteiger partial charge in [-0.2, -0.15) is 0 Å². The number of fused-ring (bicyclic) bond motifs is 1. The van der Waals surface area contributed by atoms with Gasteiger partial charge in [0.2, 0.25) is 12.7 Å². The van der Waals surface area contributed by atoms with E-state index in [2.05, 4.69) is 5.32 Å². The van der Waals surface area contributed by atoms with Gasteiger partial charge in [0.25, 0.3) is 5.91 Å². The molecule has 0 bridgehead atoms. The molecule has 2 fully saturated rings. The quantitative estimate of drug-likeness (QED) is 0.819. The van der Waals surface area contributed by atoms with Gasteiger partial charge in [-0.25, -0.2) is 4.79 Å². The van der Waals surface area contributed by atoms with Crippen LogP contribution >= 0.6 is 0 Å². The molecular formula is C17H19N3O5. The molecule has 8 nitrogen and oxygen atoms in total. The molecule has 0 spiro atoms. The highest BCUT2D eigenvalue weighted by atomic mass is 16.7. The van der Waals surface area contributed by atoms with Gasteiger partial charge in [0.1, 0.15) is 12.1 Å². The first-order valence-electron chi connectivity index (χ1n) is 8.31. The topological polar surface area (TPSA) is 88.2 Å². The molecule has 1 N–H and O–H groups in total. The van der Waals surface area contributed by atoms with E-state index in [0.29, 0.717) is 30.2 Å². The van der Waals surface area contributed by atoms with Crippen molar-refractivity contribution in [1.82, 2.24) is 15.1 Å². The third-order valence-corrected chi connectivity index (χ3v) is 4.98. The first-order valence-corrected chi connectivity index (χ1v) is 8.31. The van der Waals surface area contributed by atoms with Crippen molar-refractivity contribution < 1.29 is 23.9 Å². The average Bonchev–Trinajstić information content (AvgIpc) is 3.31. The molecule has 4 rings (SSSR count). The van der Waals surface area contributed by atoms with Gasteiger partial charge in [-0.05, 0) is 37.5 Å². The number of hydrogen-bond acceptors (Lipinski definition) is 5. The summed E-state index contributed by atoms with van der Waals surface area (Å²) in [6.45, 7) is 2.89. The molecule has 1 aromatic rings. The highest BCUT2D eigenvalue weighted by Crippen LogP contribution is 2.37. The van der Waals surface area contributed by atoms with Gasteiger partial charge in [-0.3, -0.25) is 14.5 Å². The average molecular weight is 345 g/mol. The van der Waals surface area contributed by atoms with Crippen molar-refractivity contribution in [3.63, 3.8) is 0 Å². The molecule has 1 aromatic carbocycles. The standard InChI is InChI=1S/C17H19N3O5/c1-17(11-4-5-12-13(8-11)25-10-24-12)15(22)20(16(23)18-17)9-14(21)19-6-2-3-7-19/h4-5,8H,2-3,6-7,9-10H2,1H3,(H,18,23)/t17-/m0/s1. The Morgan fingerprint density at radius 2 is 1.92 bits per heavy atom. The Bertz CT molecular complexity index is 759. The van der Waals surface area contributed by atoms with E-state index in [1.54, 1.807) is 30.0 Å². The summed E-state index contributed by atoms with van der Waals surface area (Å²) in [5.41, 5.74) is -0.644. The Balaban J connectivity index is 1.56. The van der Waals surface area contributed by atoms with Crippen molar-refractivity contribution in [1.29, 1.82) is 0 Å². The summed E-state index contributed by atoms with van der Waals surface area (Å²) >= 11 is 0. The number of ether oxygens (including phenoxy) is 2. The summed E-state index contributed by atoms with van der Waals surface area (Å²) < 4.78 is 10.6. The van der Waals surface area contributed by atoms with Crippen LogP contribution < -0.4 is 14.8 Å². The number of nitrogens with zero attached hydrogens (tertiary/aromatic N) is 2. The molecule has 3 aliphatic heterocycles. The Hall–Kier alpha value is -2.77. The van der Waals surface area contributed by atoms with E-state index in [4.69, 9.17) is 9.47 Å². The monoisotopic (exact) mass is 345 g/mol. The van der Waals surface area contributed by atoms with Crippen molar-refractivity contribution in [2.75, 3.05) is 26.4 Å². The number of likely N-dealkylation sites (tertiary alicyclic amines) is 1. The maximum atomic E-state index is 12.9. The summed E-state index contributed by atoms with van der Waals surface area (Å²) in [6.07, 6.45) is 1.92. The third kappa shape index (κ3) is 2.48. The fourth-order valence-corrected chi connectivity index (χ4v) is 3.45. The predicted octanol–water partition coefficient (Wildman–Crippen LogP) is 0.805. The molecule has 3 heterocycles. The van der Waals surface area contributed by atoms with Crippen LogP contribution in [0.2, 0.25) is 0 Å². The lowest BCUT2D eigenvalue weighted by atomic mass is 9.91. The van der Waals surface area contributed by atoms with E-state index >= 15 is 0 Å². The summed E-state index contributed by atoms with van der Waals surface area (Å²) in [5.74, 6) is 0.498. The molecule has 132 valence electrons. The molecule has 3 aliphatic rings. The lowest BCUT2D eigenvalue weighted by Crippen LogP contribution is -2.43. The van der Waals surface area contributed by atoms with Crippen molar-refractivity contribution in [2.24, 2.45) is 0 Å². The Labute approximate surface area is 144 Å². The molecule has 0 saturated carbocycles. The number of hydrogen-bond donors (Lipinski definition) is 1. The molecule has 0 radical (unpaired) electrons. The zero-order valence-corrected chi connectivity index (χ0v) is 13.9. The van der Waals surface area contributed by atoms with Gasteiger partial charge in [-0.15, -0.1) is 0 Å². The van der Waals surface area contributed by atoms with Gasteiger partial charge in [0, 0.05) is 13.1 Å². The number of carbonyl (C=O) groups is 3. The van der Waals surface area contributed by atoms with Crippen LogP contribution in [0.1, 0.15) is 25.3 Å². The zero-order chi connectivity index (χ0) is 17.6. The molecule has 0 aromatic heterocycles. The fraction of sp³-hybridized carbons (Fsp3) is 0.471. The first kappa shape index (κ1) is 15.7. The van der Waals surface area contributed by atoms with Crippen LogP contribution in [-0.2, 0) is 15.1 Å². The second-order valence-electron chi connectivity index (χ2n) is 6.60. The van der Waals surface area contributed by atoms with Gasteiger partial charge in [-0.1, -0.05) is 6.07 Å². The highest BCUT2D eigenvalue weighted by molar-refractivity contribution is 6.09. The van der Waals surface area contributed by atoms with Crippen LogP contribution in [-0.4, -0.2) is 54.1 Å². The van der Waals surface area contributed by atoms with Crippen molar-refractivity contribution >= 4 is 17.8 Å². The second kappa shape index (κ2) is 5.65. The summed E-state index contributed by atoms with van der Waals surface area (Å²) in [6, 6.07) is 4.56. The third-order valence-electron chi connectivity index (χ3n) is 4.98. The molecule has 4 amide bonds. The van der Waals surface area contributed by atoms with E-state index in [-0.39, 0.29) is 19.2 Å². The Kier molecular flexibility index (Phi) is 3.55. The first-order chi connectivity index (χ1) is 12.0. The van der Waals surface area contributed by atoms with E-state index in [1.165, 1.54) is 0 Å². The van der Waals surface area contributed by atoms with Gasteiger partial charge in [0.05, 0.1) is 0 Å². The maximum Gasteiger partial charge on any atom is 0.325 e. The van der Waals surface area contributed by atoms with Crippen LogP contribution in [0.4, 0.5) is 4.79 Å². The molecule has 1 atom stereocenters. The second-order valence-corrected chi connectivity index (χ2v) is 6.60. The minimum Gasteiger partial charge on any atom is -0.454 e. The maximum absolute atomic E-state index is 12.9. The number of urea groups is 1. The Morgan fingerprint density at radius 1 is 1.20 bits per heavy atom. The van der Waals surface area contributed by atoms with Crippen molar-refractivity contribution in [3.05, 3.63) is 23.8 Å². The predicted molar refractivity (Wildman–Crippen MR) is 86.0 cm³/mol. The zero-order valence-electron chi connectivity index (χ0n) is 13.9. The number of nitrogens with one attached hydrogen (secondary N) is 1. The van der Waals surface area contributed by atoms with Crippen LogP contribution in [0.5, 0.6) is 11.5 Å². The normalized spacial score (nSPS) is 24.8. The number of imide groups is 1. The summed E-state index contributed by atoms with van der Waals surface area (Å²) in [7, 11) is 0. The highest BCUT2D eigenvalue weighted by Gasteiger charge is 2.50. The molecule has 8 heteroatoms. The van der Waals surface area contributed by atoms with Crippen molar-refractivity contribution in [3.8, 4) is 11.5 Å². The molecule has 2 saturated heterocycles. The lowest BCUT2D eigenvalue weighted by Gasteiger charge is -2.23. The minimum atomic E-state index is -1.23. The summed E-state index contributed by atoms with van der Waals surface area (Å²) in [5, 5.41) is 2.70. The summed E-state index contributed by atoms with van der Waals surface area (Å²) in [4.78, 5) is 40.2. The number of rotatable bonds is 3. The van der Waals surface area contributed by atoms with E-state index < -0.39 is 17.5 Å². The van der Waals surface area contributed by atoms with Crippen LogP contribution in [0.25, 0.3) is 0 Å². The molecule has 0 aliphatic carbocycles. The molecule has 0 unspecified atom stereocenters. The van der Waals surface area contributed by atoms with Crippen LogP contribution in [0.3, 0.4) is 0 Å². The largest absolute Gasteiger partial charge is 0.454 e. The van der Waals surface area contributed by atoms with Gasteiger partial charge in [0.15, 0.2) is 11.5 Å². The smallest absolute Gasteiger partial charge is 0.325 e.